The minimum Gasteiger partial charge on any atom is -0.456 e. The molecule has 0 unspecified atom stereocenters. The number of hydrogen-bond donors (Lipinski definition) is 0. The first-order valence-electron chi connectivity index (χ1n) is 6.00. The molecule has 0 spiro atoms. The van der Waals surface area contributed by atoms with E-state index in [1.807, 2.05) is 36.4 Å². The second-order valence-electron chi connectivity index (χ2n) is 5.31. The van der Waals surface area contributed by atoms with Gasteiger partial charge < -0.3 is 4.74 Å². The summed E-state index contributed by atoms with van der Waals surface area (Å²) >= 11 is 6.08. The molecule has 94 valence electrons. The number of hydrogen-bond acceptors (Lipinski definition) is 1. The van der Waals surface area contributed by atoms with Crippen molar-refractivity contribution in [2.75, 3.05) is 0 Å². The summed E-state index contributed by atoms with van der Waals surface area (Å²) < 4.78 is 5.81. The van der Waals surface area contributed by atoms with Crippen LogP contribution in [0.2, 0.25) is 5.02 Å². The summed E-state index contributed by atoms with van der Waals surface area (Å²) in [4.78, 5) is 0. The van der Waals surface area contributed by atoms with Crippen molar-refractivity contribution < 1.29 is 4.74 Å². The van der Waals surface area contributed by atoms with Crippen LogP contribution in [0.3, 0.4) is 0 Å². The molecule has 0 heterocycles. The van der Waals surface area contributed by atoms with E-state index < -0.39 is 0 Å². The summed E-state index contributed by atoms with van der Waals surface area (Å²) in [6, 6.07) is 15.6. The summed E-state index contributed by atoms with van der Waals surface area (Å²) in [5, 5.41) is 0.624. The number of halogens is 1. The molecule has 0 aliphatic rings. The molecule has 0 amide bonds. The highest BCUT2D eigenvalue weighted by atomic mass is 35.5. The van der Waals surface area contributed by atoms with Crippen LogP contribution in [0, 0.1) is 0 Å². The number of benzene rings is 2. The molecule has 2 heteroatoms. The predicted molar refractivity (Wildman–Crippen MR) is 76.7 cm³/mol. The highest BCUT2D eigenvalue weighted by Gasteiger charge is 2.14. The van der Waals surface area contributed by atoms with Crippen molar-refractivity contribution in [2.24, 2.45) is 0 Å². The molecule has 2 aromatic rings. The molecule has 0 fully saturated rings. The third-order valence-corrected chi connectivity index (χ3v) is 3.08. The van der Waals surface area contributed by atoms with Gasteiger partial charge in [-0.3, -0.25) is 0 Å². The molecule has 0 saturated carbocycles. The van der Waals surface area contributed by atoms with Crippen LogP contribution in [0.5, 0.6) is 11.5 Å². The van der Waals surface area contributed by atoms with Gasteiger partial charge in [0.05, 0.1) is 5.02 Å². The van der Waals surface area contributed by atoms with E-state index in [-0.39, 0.29) is 5.41 Å². The van der Waals surface area contributed by atoms with Crippen LogP contribution in [0.15, 0.2) is 48.5 Å². The molecule has 18 heavy (non-hydrogen) atoms. The Bertz CT molecular complexity index is 541. The predicted octanol–water partition coefficient (Wildman–Crippen LogP) is 5.43. The molecule has 2 rings (SSSR count). The monoisotopic (exact) mass is 260 g/mol. The smallest absolute Gasteiger partial charge is 0.146 e. The lowest BCUT2D eigenvalue weighted by Crippen LogP contribution is -2.10. The average molecular weight is 261 g/mol. The first kappa shape index (κ1) is 13.0. The van der Waals surface area contributed by atoms with E-state index in [9.17, 15) is 0 Å². The van der Waals surface area contributed by atoms with Gasteiger partial charge in [-0.05, 0) is 35.2 Å². The molecule has 0 saturated heterocycles. The Kier molecular flexibility index (Phi) is 3.63. The minimum absolute atomic E-state index is 0.111. The van der Waals surface area contributed by atoms with E-state index in [2.05, 4.69) is 32.9 Å². The maximum Gasteiger partial charge on any atom is 0.146 e. The van der Waals surface area contributed by atoms with E-state index in [0.29, 0.717) is 10.8 Å². The van der Waals surface area contributed by atoms with Gasteiger partial charge in [0.15, 0.2) is 0 Å². The van der Waals surface area contributed by atoms with Gasteiger partial charge in [0.1, 0.15) is 11.5 Å². The largest absolute Gasteiger partial charge is 0.456 e. The lowest BCUT2D eigenvalue weighted by molar-refractivity contribution is 0.479. The molecule has 0 aliphatic carbocycles. The normalized spacial score (nSPS) is 11.3. The van der Waals surface area contributed by atoms with Gasteiger partial charge in [-0.1, -0.05) is 56.6 Å². The maximum absolute atomic E-state index is 6.08. The van der Waals surface area contributed by atoms with E-state index in [1.54, 1.807) is 0 Å². The second kappa shape index (κ2) is 5.03. The summed E-state index contributed by atoms with van der Waals surface area (Å²) in [6.07, 6.45) is 0. The van der Waals surface area contributed by atoms with E-state index in [0.717, 1.165) is 5.75 Å². The molecule has 0 atom stereocenters. The van der Waals surface area contributed by atoms with Gasteiger partial charge >= 0.3 is 0 Å². The lowest BCUT2D eigenvalue weighted by atomic mass is 9.87. The van der Waals surface area contributed by atoms with Crippen LogP contribution >= 0.6 is 11.6 Å². The number of ether oxygens (including phenoxy) is 1. The Morgan fingerprint density at radius 1 is 0.944 bits per heavy atom. The standard InChI is InChI=1S/C16H17ClO/c1-16(2,3)12-7-6-8-13(11-12)18-15-10-5-4-9-14(15)17/h4-11H,1-3H3. The summed E-state index contributed by atoms with van der Waals surface area (Å²) in [5.41, 5.74) is 1.35. The number of rotatable bonds is 2. The minimum atomic E-state index is 0.111. The quantitative estimate of drug-likeness (QED) is 0.700. The summed E-state index contributed by atoms with van der Waals surface area (Å²) in [7, 11) is 0. The summed E-state index contributed by atoms with van der Waals surface area (Å²) in [5.74, 6) is 1.50. The van der Waals surface area contributed by atoms with Crippen molar-refractivity contribution in [1.29, 1.82) is 0 Å². The van der Waals surface area contributed by atoms with Crippen LogP contribution in [-0.4, -0.2) is 0 Å². The molecule has 0 radical (unpaired) electrons. The highest BCUT2D eigenvalue weighted by Crippen LogP contribution is 2.31. The van der Waals surface area contributed by atoms with Crippen molar-refractivity contribution in [3.63, 3.8) is 0 Å². The highest BCUT2D eigenvalue weighted by molar-refractivity contribution is 6.32. The van der Waals surface area contributed by atoms with Crippen molar-refractivity contribution in [3.05, 3.63) is 59.1 Å². The zero-order valence-electron chi connectivity index (χ0n) is 10.9. The average Bonchev–Trinajstić information content (AvgIpc) is 2.31. The van der Waals surface area contributed by atoms with Gasteiger partial charge in [0, 0.05) is 0 Å². The Balaban J connectivity index is 2.28. The Hall–Kier alpha value is -1.47. The van der Waals surface area contributed by atoms with E-state index in [1.165, 1.54) is 5.56 Å². The van der Waals surface area contributed by atoms with Gasteiger partial charge in [0.2, 0.25) is 0 Å². The van der Waals surface area contributed by atoms with Crippen LogP contribution in [0.25, 0.3) is 0 Å². The van der Waals surface area contributed by atoms with Gasteiger partial charge in [0.25, 0.3) is 0 Å². The number of para-hydroxylation sites is 1. The van der Waals surface area contributed by atoms with Gasteiger partial charge in [-0.25, -0.2) is 0 Å². The third kappa shape index (κ3) is 3.05. The van der Waals surface area contributed by atoms with Crippen LogP contribution < -0.4 is 4.74 Å². The molecular formula is C16H17ClO. The van der Waals surface area contributed by atoms with E-state index in [4.69, 9.17) is 16.3 Å². The third-order valence-electron chi connectivity index (χ3n) is 2.76. The maximum atomic E-state index is 6.08. The van der Waals surface area contributed by atoms with Crippen molar-refractivity contribution in [2.45, 2.75) is 26.2 Å². The fraction of sp³-hybridized carbons (Fsp3) is 0.250. The fourth-order valence-electron chi connectivity index (χ4n) is 1.68. The molecule has 2 aromatic carbocycles. The zero-order valence-corrected chi connectivity index (χ0v) is 11.7. The SMILES string of the molecule is CC(C)(C)c1cccc(Oc2ccccc2Cl)c1. The molecule has 0 aliphatic heterocycles. The van der Waals surface area contributed by atoms with Gasteiger partial charge in [-0.2, -0.15) is 0 Å². The fourth-order valence-corrected chi connectivity index (χ4v) is 1.85. The molecule has 0 N–H and O–H groups in total. The molecule has 0 bridgehead atoms. The van der Waals surface area contributed by atoms with Crippen molar-refractivity contribution in [1.82, 2.24) is 0 Å². The van der Waals surface area contributed by atoms with Gasteiger partial charge in [-0.15, -0.1) is 0 Å². The Morgan fingerprint density at radius 2 is 1.67 bits per heavy atom. The van der Waals surface area contributed by atoms with Crippen LogP contribution in [-0.2, 0) is 5.41 Å². The second-order valence-corrected chi connectivity index (χ2v) is 5.72. The molecule has 1 nitrogen and oxygen atoms in total. The Labute approximate surface area is 113 Å². The van der Waals surface area contributed by atoms with E-state index >= 15 is 0 Å². The zero-order chi connectivity index (χ0) is 13.2. The first-order valence-corrected chi connectivity index (χ1v) is 6.37. The molecular weight excluding hydrogens is 244 g/mol. The topological polar surface area (TPSA) is 9.23 Å². The summed E-state index contributed by atoms with van der Waals surface area (Å²) in [6.45, 7) is 6.55. The van der Waals surface area contributed by atoms with Crippen molar-refractivity contribution in [3.8, 4) is 11.5 Å². The Morgan fingerprint density at radius 3 is 2.33 bits per heavy atom. The van der Waals surface area contributed by atoms with Crippen LogP contribution in [0.4, 0.5) is 0 Å². The lowest BCUT2D eigenvalue weighted by Gasteiger charge is -2.19. The van der Waals surface area contributed by atoms with Crippen molar-refractivity contribution >= 4 is 11.6 Å². The van der Waals surface area contributed by atoms with Crippen LogP contribution in [0.1, 0.15) is 26.3 Å². The first-order chi connectivity index (χ1) is 8.47. The molecule has 0 aromatic heterocycles.